The number of nitrogens with zero attached hydrogens (tertiary/aromatic N) is 1. The molecule has 1 atom stereocenters. The number of nitrogens with one attached hydrogen (secondary N) is 3. The molecule has 0 aliphatic heterocycles. The zero-order valence-electron chi connectivity index (χ0n) is 17.7. The minimum Gasteiger partial charge on any atom is -0.497 e. The minimum atomic E-state index is -0.550. The van der Waals surface area contributed by atoms with Gasteiger partial charge < -0.3 is 15.4 Å². The molecular weight excluding hydrogens is 384 g/mol. The smallest absolute Gasteiger partial charge is 0.243 e. The normalized spacial score (nSPS) is 11.7. The number of aromatic nitrogens is 1. The Morgan fingerprint density at radius 2 is 1.90 bits per heavy atom. The highest BCUT2D eigenvalue weighted by Crippen LogP contribution is 2.28. The number of anilines is 1. The fourth-order valence-corrected chi connectivity index (χ4v) is 3.26. The van der Waals surface area contributed by atoms with Crippen molar-refractivity contribution >= 4 is 28.4 Å². The molecule has 8 nitrogen and oxygen atoms in total. The maximum atomic E-state index is 11.6. The third kappa shape index (κ3) is 7.87. The summed E-state index contributed by atoms with van der Waals surface area (Å²) in [4.78, 5) is 26.9. The summed E-state index contributed by atoms with van der Waals surface area (Å²) in [6.07, 6.45) is 7.03. The zero-order chi connectivity index (χ0) is 21.8. The molecule has 1 unspecified atom stereocenters. The summed E-state index contributed by atoms with van der Waals surface area (Å²) in [6.45, 7) is 2.77. The number of unbranched alkanes of at least 4 members (excludes halogenated alkanes) is 3. The monoisotopic (exact) mass is 416 g/mol. The van der Waals surface area contributed by atoms with Crippen molar-refractivity contribution in [3.8, 4) is 5.75 Å². The highest BCUT2D eigenvalue weighted by Gasteiger charge is 2.09. The van der Waals surface area contributed by atoms with Gasteiger partial charge in [0, 0.05) is 43.1 Å². The first-order valence-electron chi connectivity index (χ1n) is 10.4. The maximum Gasteiger partial charge on any atom is 0.243 e. The van der Waals surface area contributed by atoms with E-state index < -0.39 is 5.91 Å². The zero-order valence-corrected chi connectivity index (χ0v) is 17.7. The average molecular weight is 417 g/mol. The lowest BCUT2D eigenvalue weighted by Gasteiger charge is -2.17. The molecule has 1 aromatic heterocycles. The Morgan fingerprint density at radius 1 is 1.13 bits per heavy atom. The van der Waals surface area contributed by atoms with E-state index in [4.69, 9.17) is 9.94 Å². The summed E-state index contributed by atoms with van der Waals surface area (Å²) in [5.41, 5.74) is 3.44. The number of fused-ring (bicyclic) bond motifs is 1. The summed E-state index contributed by atoms with van der Waals surface area (Å²) in [5.74, 6) is 0.0883. The van der Waals surface area contributed by atoms with Gasteiger partial charge in [-0.3, -0.25) is 19.8 Å². The van der Waals surface area contributed by atoms with E-state index in [0.29, 0.717) is 12.6 Å². The second kappa shape index (κ2) is 12.6. The van der Waals surface area contributed by atoms with Crippen molar-refractivity contribution in [2.45, 2.75) is 57.9 Å². The highest BCUT2D eigenvalue weighted by atomic mass is 16.5. The van der Waals surface area contributed by atoms with Crippen LogP contribution in [0.15, 0.2) is 30.5 Å². The molecule has 0 fully saturated rings. The van der Waals surface area contributed by atoms with E-state index in [0.717, 1.165) is 54.4 Å². The predicted molar refractivity (Wildman–Crippen MR) is 117 cm³/mol. The Balaban J connectivity index is 1.64. The summed E-state index contributed by atoms with van der Waals surface area (Å²) in [6, 6.07) is 8.22. The second-order valence-electron chi connectivity index (χ2n) is 7.38. The lowest BCUT2D eigenvalue weighted by atomic mass is 10.1. The molecule has 0 spiro atoms. The molecule has 2 aromatic rings. The van der Waals surface area contributed by atoms with Gasteiger partial charge in [0.25, 0.3) is 0 Å². The van der Waals surface area contributed by atoms with Crippen molar-refractivity contribution in [2.24, 2.45) is 0 Å². The molecule has 8 heteroatoms. The largest absolute Gasteiger partial charge is 0.497 e. The van der Waals surface area contributed by atoms with Gasteiger partial charge in [0.1, 0.15) is 5.75 Å². The molecule has 2 rings (SSSR count). The molecule has 0 radical (unpaired) electrons. The molecule has 0 aliphatic carbocycles. The number of carbonyl (C=O) groups is 2. The SMILES string of the molecule is COc1cc(NC(C)CCCCCCNC(=O)CCC(=O)NO)c2ncccc2c1. The molecular formula is C22H32N4O4. The Hall–Kier alpha value is -2.87. The Kier molecular flexibility index (Phi) is 9.86. The standard InChI is InChI=1S/C22H32N4O4/c1-16(8-5-3-4-6-12-23-20(27)10-11-21(28)26-29)25-19-15-18(30-2)14-17-9-7-13-24-22(17)19/h7,9,13-16,25,29H,3-6,8,10-12H2,1-2H3,(H,23,27)(H,26,28). The summed E-state index contributed by atoms with van der Waals surface area (Å²) in [7, 11) is 1.67. The van der Waals surface area contributed by atoms with Gasteiger partial charge in [-0.1, -0.05) is 25.3 Å². The van der Waals surface area contributed by atoms with Gasteiger partial charge in [-0.15, -0.1) is 0 Å². The molecule has 0 bridgehead atoms. The van der Waals surface area contributed by atoms with E-state index in [1.807, 2.05) is 24.3 Å². The number of ether oxygens (including phenoxy) is 1. The predicted octanol–water partition coefficient (Wildman–Crippen LogP) is 3.40. The van der Waals surface area contributed by atoms with E-state index in [-0.39, 0.29) is 18.7 Å². The van der Waals surface area contributed by atoms with Crippen molar-refractivity contribution in [1.82, 2.24) is 15.8 Å². The first-order valence-corrected chi connectivity index (χ1v) is 10.4. The quantitative estimate of drug-likeness (QED) is 0.226. The number of amides is 2. The number of hydrogen-bond donors (Lipinski definition) is 4. The van der Waals surface area contributed by atoms with Crippen molar-refractivity contribution in [3.63, 3.8) is 0 Å². The van der Waals surface area contributed by atoms with Crippen LogP contribution in [0.3, 0.4) is 0 Å². The number of carbonyl (C=O) groups excluding carboxylic acids is 2. The number of pyridine rings is 1. The molecule has 0 saturated carbocycles. The summed E-state index contributed by atoms with van der Waals surface area (Å²) < 4.78 is 5.40. The van der Waals surface area contributed by atoms with Crippen LogP contribution in [0.1, 0.15) is 51.9 Å². The van der Waals surface area contributed by atoms with Crippen LogP contribution in [-0.2, 0) is 9.59 Å². The topological polar surface area (TPSA) is 113 Å². The van der Waals surface area contributed by atoms with Crippen LogP contribution in [-0.4, -0.2) is 41.7 Å². The van der Waals surface area contributed by atoms with Gasteiger partial charge in [0.15, 0.2) is 0 Å². The van der Waals surface area contributed by atoms with Crippen LogP contribution in [0, 0.1) is 0 Å². The highest BCUT2D eigenvalue weighted by molar-refractivity contribution is 5.91. The van der Waals surface area contributed by atoms with Crippen LogP contribution in [0.4, 0.5) is 5.69 Å². The van der Waals surface area contributed by atoms with E-state index in [1.165, 1.54) is 5.48 Å². The lowest BCUT2D eigenvalue weighted by Crippen LogP contribution is -2.27. The first kappa shape index (κ1) is 23.4. The number of rotatable bonds is 13. The van der Waals surface area contributed by atoms with Gasteiger partial charge in [-0.25, -0.2) is 5.48 Å². The molecule has 0 aliphatic rings. The fourth-order valence-electron chi connectivity index (χ4n) is 3.26. The van der Waals surface area contributed by atoms with Gasteiger partial charge >= 0.3 is 0 Å². The van der Waals surface area contributed by atoms with E-state index in [9.17, 15) is 9.59 Å². The van der Waals surface area contributed by atoms with Crippen LogP contribution < -0.4 is 20.9 Å². The van der Waals surface area contributed by atoms with Crippen LogP contribution >= 0.6 is 0 Å². The molecule has 2 amide bonds. The van der Waals surface area contributed by atoms with Crippen LogP contribution in [0.5, 0.6) is 5.75 Å². The molecule has 30 heavy (non-hydrogen) atoms. The van der Waals surface area contributed by atoms with E-state index in [1.54, 1.807) is 13.3 Å². The lowest BCUT2D eigenvalue weighted by molar-refractivity contribution is -0.131. The Labute approximate surface area is 177 Å². The van der Waals surface area contributed by atoms with Crippen molar-refractivity contribution in [2.75, 3.05) is 19.0 Å². The minimum absolute atomic E-state index is 0.00861. The Morgan fingerprint density at radius 3 is 2.67 bits per heavy atom. The number of hydroxylamine groups is 1. The van der Waals surface area contributed by atoms with Gasteiger partial charge in [-0.2, -0.15) is 0 Å². The Bertz CT molecular complexity index is 828. The van der Waals surface area contributed by atoms with Crippen LogP contribution in [0.2, 0.25) is 0 Å². The maximum absolute atomic E-state index is 11.6. The summed E-state index contributed by atoms with van der Waals surface area (Å²) >= 11 is 0. The van der Waals surface area contributed by atoms with Gasteiger partial charge in [0.2, 0.25) is 11.8 Å². The van der Waals surface area contributed by atoms with Gasteiger partial charge in [0.05, 0.1) is 18.3 Å². The molecule has 4 N–H and O–H groups in total. The molecule has 1 aromatic carbocycles. The van der Waals surface area contributed by atoms with E-state index >= 15 is 0 Å². The van der Waals surface area contributed by atoms with Crippen molar-refractivity contribution in [1.29, 1.82) is 0 Å². The molecule has 1 heterocycles. The van der Waals surface area contributed by atoms with Crippen molar-refractivity contribution < 1.29 is 19.5 Å². The number of benzene rings is 1. The average Bonchev–Trinajstić information content (AvgIpc) is 2.76. The molecule has 164 valence electrons. The third-order valence-corrected chi connectivity index (χ3v) is 4.91. The van der Waals surface area contributed by atoms with Crippen molar-refractivity contribution in [3.05, 3.63) is 30.5 Å². The van der Waals surface area contributed by atoms with E-state index in [2.05, 4.69) is 22.5 Å². The molecule has 0 saturated heterocycles. The number of hydrogen-bond acceptors (Lipinski definition) is 6. The van der Waals surface area contributed by atoms with Gasteiger partial charge in [-0.05, 0) is 31.9 Å². The number of methoxy groups -OCH3 is 1. The second-order valence-corrected chi connectivity index (χ2v) is 7.38. The third-order valence-electron chi connectivity index (χ3n) is 4.91. The first-order chi connectivity index (χ1) is 14.5. The van der Waals surface area contributed by atoms with Crippen LogP contribution in [0.25, 0.3) is 10.9 Å². The fraction of sp³-hybridized carbons (Fsp3) is 0.500. The summed E-state index contributed by atoms with van der Waals surface area (Å²) in [5, 5.41) is 15.8.